The van der Waals surface area contributed by atoms with Crippen molar-refractivity contribution in [2.75, 3.05) is 31.1 Å². The first kappa shape index (κ1) is 20.0. The van der Waals surface area contributed by atoms with Gasteiger partial charge in [0, 0.05) is 38.3 Å². The van der Waals surface area contributed by atoms with Crippen LogP contribution in [-0.2, 0) is 10.4 Å². The molecule has 4 rings (SSSR count). The number of halogens is 1. The van der Waals surface area contributed by atoms with Crippen LogP contribution in [0.5, 0.6) is 0 Å². The van der Waals surface area contributed by atoms with E-state index in [1.165, 1.54) is 12.1 Å². The van der Waals surface area contributed by atoms with Gasteiger partial charge in [-0.25, -0.2) is 4.39 Å². The second-order valence-corrected chi connectivity index (χ2v) is 8.10. The maximum absolute atomic E-state index is 13.1. The van der Waals surface area contributed by atoms with Crippen LogP contribution in [0.1, 0.15) is 42.9 Å². The molecule has 0 aromatic heterocycles. The first-order chi connectivity index (χ1) is 13.9. The summed E-state index contributed by atoms with van der Waals surface area (Å²) >= 11 is 0. The molecule has 0 bridgehead atoms. The SMILES string of the molecule is O=C1CCCN1c1ccc([C@H](O)CN2CCC(O)(c3ccc(F)cc3)CC2)cc1. The van der Waals surface area contributed by atoms with E-state index in [2.05, 4.69) is 4.90 Å². The van der Waals surface area contributed by atoms with E-state index in [1.807, 2.05) is 24.3 Å². The number of nitrogens with zero attached hydrogens (tertiary/aromatic N) is 2. The lowest BCUT2D eigenvalue weighted by Gasteiger charge is -2.39. The molecule has 2 heterocycles. The average molecular weight is 398 g/mol. The Morgan fingerprint density at radius 2 is 1.66 bits per heavy atom. The zero-order valence-corrected chi connectivity index (χ0v) is 16.4. The summed E-state index contributed by atoms with van der Waals surface area (Å²) in [5, 5.41) is 21.5. The minimum absolute atomic E-state index is 0.153. The Bertz CT molecular complexity index is 845. The van der Waals surface area contributed by atoms with Crippen LogP contribution in [0.2, 0.25) is 0 Å². The fraction of sp³-hybridized carbons (Fsp3) is 0.435. The monoisotopic (exact) mass is 398 g/mol. The third kappa shape index (κ3) is 4.34. The molecule has 6 heteroatoms. The molecule has 2 N–H and O–H groups in total. The van der Waals surface area contributed by atoms with Crippen molar-refractivity contribution in [3.05, 3.63) is 65.5 Å². The zero-order valence-electron chi connectivity index (χ0n) is 16.4. The smallest absolute Gasteiger partial charge is 0.227 e. The van der Waals surface area contributed by atoms with E-state index in [-0.39, 0.29) is 11.7 Å². The summed E-state index contributed by atoms with van der Waals surface area (Å²) in [5.41, 5.74) is 1.50. The first-order valence-corrected chi connectivity index (χ1v) is 10.2. The average Bonchev–Trinajstić information content (AvgIpc) is 3.16. The molecule has 2 aliphatic rings. The molecule has 2 saturated heterocycles. The predicted octanol–water partition coefficient (Wildman–Crippen LogP) is 2.97. The zero-order chi connectivity index (χ0) is 20.4. The van der Waals surface area contributed by atoms with E-state index >= 15 is 0 Å². The van der Waals surface area contributed by atoms with E-state index in [0.717, 1.165) is 29.8 Å². The van der Waals surface area contributed by atoms with Gasteiger partial charge in [0.05, 0.1) is 11.7 Å². The predicted molar refractivity (Wildman–Crippen MR) is 109 cm³/mol. The van der Waals surface area contributed by atoms with Crippen molar-refractivity contribution in [1.29, 1.82) is 0 Å². The van der Waals surface area contributed by atoms with Gasteiger partial charge >= 0.3 is 0 Å². The van der Waals surface area contributed by atoms with Crippen LogP contribution >= 0.6 is 0 Å². The summed E-state index contributed by atoms with van der Waals surface area (Å²) in [7, 11) is 0. The van der Waals surface area contributed by atoms with Crippen molar-refractivity contribution in [3.63, 3.8) is 0 Å². The molecular weight excluding hydrogens is 371 g/mol. The number of carbonyl (C=O) groups excluding carboxylic acids is 1. The van der Waals surface area contributed by atoms with Gasteiger partial charge in [0.1, 0.15) is 5.82 Å². The quantitative estimate of drug-likeness (QED) is 0.813. The molecule has 5 nitrogen and oxygen atoms in total. The lowest BCUT2D eigenvalue weighted by atomic mass is 9.84. The number of β-amino-alcohol motifs (C(OH)–C–C–N with tert-alkyl or cyclic N) is 1. The van der Waals surface area contributed by atoms with E-state index < -0.39 is 11.7 Å². The molecule has 1 amide bonds. The second-order valence-electron chi connectivity index (χ2n) is 8.10. The van der Waals surface area contributed by atoms with Gasteiger partial charge in [-0.05, 0) is 54.7 Å². The highest BCUT2D eigenvalue weighted by Gasteiger charge is 2.34. The number of rotatable bonds is 5. The Kier molecular flexibility index (Phi) is 5.67. The van der Waals surface area contributed by atoms with Crippen molar-refractivity contribution < 1.29 is 19.4 Å². The van der Waals surface area contributed by atoms with Gasteiger partial charge < -0.3 is 20.0 Å². The van der Waals surface area contributed by atoms with Crippen LogP contribution in [0.15, 0.2) is 48.5 Å². The number of anilines is 1. The Hall–Kier alpha value is -2.28. The molecule has 1 atom stereocenters. The lowest BCUT2D eigenvalue weighted by Crippen LogP contribution is -2.43. The highest BCUT2D eigenvalue weighted by atomic mass is 19.1. The summed E-state index contributed by atoms with van der Waals surface area (Å²) in [6.45, 7) is 2.56. The minimum atomic E-state index is -0.945. The Balaban J connectivity index is 1.33. The van der Waals surface area contributed by atoms with E-state index in [1.54, 1.807) is 17.0 Å². The number of hydrogen-bond donors (Lipinski definition) is 2. The molecule has 0 unspecified atom stereocenters. The maximum Gasteiger partial charge on any atom is 0.227 e. The maximum atomic E-state index is 13.1. The first-order valence-electron chi connectivity index (χ1n) is 10.2. The highest BCUT2D eigenvalue weighted by Crippen LogP contribution is 2.33. The number of aliphatic hydroxyl groups is 2. The van der Waals surface area contributed by atoms with Crippen molar-refractivity contribution in [2.45, 2.75) is 37.4 Å². The van der Waals surface area contributed by atoms with Gasteiger partial charge in [-0.2, -0.15) is 0 Å². The fourth-order valence-corrected chi connectivity index (χ4v) is 4.30. The topological polar surface area (TPSA) is 64.0 Å². The van der Waals surface area contributed by atoms with Crippen molar-refractivity contribution >= 4 is 11.6 Å². The molecule has 0 radical (unpaired) electrons. The number of benzene rings is 2. The van der Waals surface area contributed by atoms with Crippen LogP contribution in [0.3, 0.4) is 0 Å². The normalized spacial score (nSPS) is 20.8. The van der Waals surface area contributed by atoms with Crippen molar-refractivity contribution in [2.24, 2.45) is 0 Å². The number of carbonyl (C=O) groups is 1. The molecule has 2 aromatic rings. The van der Waals surface area contributed by atoms with Crippen molar-refractivity contribution in [3.8, 4) is 0 Å². The molecule has 2 aliphatic heterocycles. The molecule has 0 saturated carbocycles. The van der Waals surface area contributed by atoms with E-state index in [4.69, 9.17) is 0 Å². The summed E-state index contributed by atoms with van der Waals surface area (Å²) in [4.78, 5) is 15.8. The number of aliphatic hydroxyl groups excluding tert-OH is 1. The summed E-state index contributed by atoms with van der Waals surface area (Å²) < 4.78 is 13.1. The van der Waals surface area contributed by atoms with Crippen LogP contribution in [0.25, 0.3) is 0 Å². The Morgan fingerprint density at radius 1 is 1.00 bits per heavy atom. The third-order valence-corrected chi connectivity index (χ3v) is 6.16. The molecule has 29 heavy (non-hydrogen) atoms. The third-order valence-electron chi connectivity index (χ3n) is 6.16. The van der Waals surface area contributed by atoms with Gasteiger partial charge in [0.25, 0.3) is 0 Å². The fourth-order valence-electron chi connectivity index (χ4n) is 4.30. The van der Waals surface area contributed by atoms with Gasteiger partial charge in [-0.15, -0.1) is 0 Å². The van der Waals surface area contributed by atoms with Gasteiger partial charge in [-0.1, -0.05) is 24.3 Å². The second kappa shape index (κ2) is 8.22. The summed E-state index contributed by atoms with van der Waals surface area (Å²) in [5.74, 6) is -0.154. The molecule has 154 valence electrons. The number of likely N-dealkylation sites (tertiary alicyclic amines) is 1. The largest absolute Gasteiger partial charge is 0.387 e. The van der Waals surface area contributed by atoms with Gasteiger partial charge in [-0.3, -0.25) is 4.79 Å². The molecular formula is C23H27FN2O3. The van der Waals surface area contributed by atoms with Crippen LogP contribution in [0, 0.1) is 5.82 Å². The highest BCUT2D eigenvalue weighted by molar-refractivity contribution is 5.95. The number of piperidine rings is 1. The molecule has 2 aromatic carbocycles. The van der Waals surface area contributed by atoms with Crippen LogP contribution in [0.4, 0.5) is 10.1 Å². The molecule has 2 fully saturated rings. The number of amides is 1. The van der Waals surface area contributed by atoms with E-state index in [9.17, 15) is 19.4 Å². The van der Waals surface area contributed by atoms with Gasteiger partial charge in [0.2, 0.25) is 5.91 Å². The summed E-state index contributed by atoms with van der Waals surface area (Å²) in [6.07, 6.45) is 1.95. The van der Waals surface area contributed by atoms with Crippen molar-refractivity contribution in [1.82, 2.24) is 4.90 Å². The van der Waals surface area contributed by atoms with Crippen LogP contribution in [-0.4, -0.2) is 47.2 Å². The summed E-state index contributed by atoms with van der Waals surface area (Å²) in [6, 6.07) is 13.6. The lowest BCUT2D eigenvalue weighted by molar-refractivity contribution is -0.117. The Labute approximate surface area is 170 Å². The molecule has 0 aliphatic carbocycles. The Morgan fingerprint density at radius 3 is 2.24 bits per heavy atom. The standard InChI is InChI=1S/C23H27FN2O3/c24-19-7-5-18(6-8-19)23(29)11-14-25(15-12-23)16-21(27)17-3-9-20(10-4-17)26-13-1-2-22(26)28/h3-10,21,27,29H,1-2,11-16H2/t21-/m1/s1. The number of hydrogen-bond acceptors (Lipinski definition) is 4. The van der Waals surface area contributed by atoms with E-state index in [0.29, 0.717) is 38.9 Å². The van der Waals surface area contributed by atoms with Gasteiger partial charge in [0.15, 0.2) is 0 Å². The molecule has 0 spiro atoms. The van der Waals surface area contributed by atoms with Crippen LogP contribution < -0.4 is 4.90 Å². The minimum Gasteiger partial charge on any atom is -0.387 e.